The topological polar surface area (TPSA) is 34.6 Å². The van der Waals surface area contributed by atoms with Crippen LogP contribution in [0, 0.1) is 0 Å². The standard InChI is InChI=1S/C21H28N2O2S/c1-24-19-8-6-18(7-9-19)17-26-20-10-11-21(22-16-20)25-15-5-14-23-12-3-2-4-13-23/h6-11,16H,2-5,12-15,17H2,1H3. The molecule has 0 spiro atoms. The highest BCUT2D eigenvalue weighted by Gasteiger charge is 2.09. The Balaban J connectivity index is 1.36. The van der Waals surface area contributed by atoms with Gasteiger partial charge < -0.3 is 14.4 Å². The number of thioether (sulfide) groups is 1. The molecule has 4 nitrogen and oxygen atoms in total. The molecule has 0 N–H and O–H groups in total. The highest BCUT2D eigenvalue weighted by atomic mass is 32.2. The third-order valence-corrected chi connectivity index (χ3v) is 5.64. The van der Waals surface area contributed by atoms with E-state index in [-0.39, 0.29) is 0 Å². The van der Waals surface area contributed by atoms with Gasteiger partial charge in [0.25, 0.3) is 0 Å². The Morgan fingerprint density at radius 1 is 1.04 bits per heavy atom. The van der Waals surface area contributed by atoms with Crippen LogP contribution in [0.3, 0.4) is 0 Å². The maximum Gasteiger partial charge on any atom is 0.213 e. The summed E-state index contributed by atoms with van der Waals surface area (Å²) >= 11 is 1.78. The van der Waals surface area contributed by atoms with Gasteiger partial charge in [-0.15, -0.1) is 11.8 Å². The molecule has 140 valence electrons. The highest BCUT2D eigenvalue weighted by Crippen LogP contribution is 2.24. The van der Waals surface area contributed by atoms with Gasteiger partial charge in [-0.25, -0.2) is 4.98 Å². The molecule has 0 amide bonds. The molecule has 0 radical (unpaired) electrons. The average molecular weight is 373 g/mol. The fraction of sp³-hybridized carbons (Fsp3) is 0.476. The van der Waals surface area contributed by atoms with Crippen molar-refractivity contribution in [3.05, 3.63) is 48.2 Å². The first kappa shape index (κ1) is 19.1. The first-order chi connectivity index (χ1) is 12.8. The minimum absolute atomic E-state index is 0.720. The van der Waals surface area contributed by atoms with E-state index in [0.717, 1.165) is 41.9 Å². The zero-order valence-corrected chi connectivity index (χ0v) is 16.3. The molecule has 3 rings (SSSR count). The monoisotopic (exact) mass is 372 g/mol. The van der Waals surface area contributed by atoms with Crippen LogP contribution < -0.4 is 9.47 Å². The van der Waals surface area contributed by atoms with Crippen molar-refractivity contribution in [2.45, 2.75) is 36.3 Å². The number of nitrogens with zero attached hydrogens (tertiary/aromatic N) is 2. The molecule has 2 heterocycles. The zero-order chi connectivity index (χ0) is 18.0. The molecule has 1 aliphatic heterocycles. The van der Waals surface area contributed by atoms with Crippen molar-refractivity contribution in [1.82, 2.24) is 9.88 Å². The van der Waals surface area contributed by atoms with Gasteiger partial charge in [0.15, 0.2) is 0 Å². The lowest BCUT2D eigenvalue weighted by Gasteiger charge is -2.26. The van der Waals surface area contributed by atoms with Crippen LogP contribution in [0.2, 0.25) is 0 Å². The van der Waals surface area contributed by atoms with Crippen molar-refractivity contribution < 1.29 is 9.47 Å². The van der Waals surface area contributed by atoms with Crippen LogP contribution in [0.1, 0.15) is 31.2 Å². The molecule has 2 aromatic rings. The van der Waals surface area contributed by atoms with Crippen LogP contribution in [0.25, 0.3) is 0 Å². The summed E-state index contributed by atoms with van der Waals surface area (Å²) in [4.78, 5) is 8.12. The van der Waals surface area contributed by atoms with Crippen LogP contribution in [0.15, 0.2) is 47.5 Å². The fourth-order valence-electron chi connectivity index (χ4n) is 3.07. The molecule has 26 heavy (non-hydrogen) atoms. The van der Waals surface area contributed by atoms with E-state index in [9.17, 15) is 0 Å². The van der Waals surface area contributed by atoms with Gasteiger partial charge in [-0.05, 0) is 56.1 Å². The third-order valence-electron chi connectivity index (χ3n) is 4.59. The second kappa shape index (κ2) is 10.4. The maximum absolute atomic E-state index is 5.78. The molecular formula is C21H28N2O2S. The molecule has 0 unspecified atom stereocenters. The van der Waals surface area contributed by atoms with E-state index in [2.05, 4.69) is 28.1 Å². The lowest BCUT2D eigenvalue weighted by atomic mass is 10.1. The number of ether oxygens (including phenoxy) is 2. The van der Waals surface area contributed by atoms with E-state index in [4.69, 9.17) is 9.47 Å². The Labute approximate surface area is 160 Å². The van der Waals surface area contributed by atoms with E-state index in [1.54, 1.807) is 18.9 Å². The number of methoxy groups -OCH3 is 1. The van der Waals surface area contributed by atoms with Crippen LogP contribution in [-0.2, 0) is 5.75 Å². The number of benzene rings is 1. The third kappa shape index (κ3) is 6.22. The second-order valence-corrected chi connectivity index (χ2v) is 7.62. The Kier molecular flexibility index (Phi) is 7.65. The van der Waals surface area contributed by atoms with Crippen molar-refractivity contribution in [3.63, 3.8) is 0 Å². The highest BCUT2D eigenvalue weighted by molar-refractivity contribution is 7.98. The Hall–Kier alpha value is -1.72. The molecule has 1 aliphatic rings. The summed E-state index contributed by atoms with van der Waals surface area (Å²) in [7, 11) is 1.69. The largest absolute Gasteiger partial charge is 0.497 e. The second-order valence-electron chi connectivity index (χ2n) is 6.57. The van der Waals surface area contributed by atoms with E-state index in [0.29, 0.717) is 0 Å². The van der Waals surface area contributed by atoms with Gasteiger partial charge in [0.05, 0.1) is 13.7 Å². The lowest BCUT2D eigenvalue weighted by molar-refractivity contribution is 0.203. The van der Waals surface area contributed by atoms with Gasteiger partial charge in [-0.3, -0.25) is 0 Å². The number of rotatable bonds is 9. The molecule has 1 aromatic heterocycles. The first-order valence-corrected chi connectivity index (χ1v) is 10.4. The number of likely N-dealkylation sites (tertiary alicyclic amines) is 1. The molecule has 0 bridgehead atoms. The molecule has 0 atom stereocenters. The molecule has 5 heteroatoms. The van der Waals surface area contributed by atoms with E-state index >= 15 is 0 Å². The summed E-state index contributed by atoms with van der Waals surface area (Å²) in [6, 6.07) is 12.2. The van der Waals surface area contributed by atoms with Crippen molar-refractivity contribution >= 4 is 11.8 Å². The Bertz CT molecular complexity index is 640. The summed E-state index contributed by atoms with van der Waals surface area (Å²) in [5.41, 5.74) is 1.27. The van der Waals surface area contributed by atoms with Gasteiger partial charge in [0.2, 0.25) is 5.88 Å². The molecule has 1 aromatic carbocycles. The molecule has 0 saturated carbocycles. The van der Waals surface area contributed by atoms with Crippen LogP contribution in [-0.4, -0.2) is 43.2 Å². The summed E-state index contributed by atoms with van der Waals surface area (Å²) in [5, 5.41) is 0. The first-order valence-electron chi connectivity index (χ1n) is 9.40. The van der Waals surface area contributed by atoms with Crippen molar-refractivity contribution in [1.29, 1.82) is 0 Å². The van der Waals surface area contributed by atoms with Gasteiger partial charge >= 0.3 is 0 Å². The number of piperidine rings is 1. The van der Waals surface area contributed by atoms with Crippen LogP contribution in [0.4, 0.5) is 0 Å². The molecule has 1 fully saturated rings. The van der Waals surface area contributed by atoms with Crippen LogP contribution in [0.5, 0.6) is 11.6 Å². The predicted molar refractivity (Wildman–Crippen MR) is 107 cm³/mol. The van der Waals surface area contributed by atoms with Gasteiger partial charge in [0.1, 0.15) is 5.75 Å². The average Bonchev–Trinajstić information content (AvgIpc) is 2.72. The number of aromatic nitrogens is 1. The Morgan fingerprint density at radius 2 is 1.85 bits per heavy atom. The van der Waals surface area contributed by atoms with E-state index in [1.165, 1.54) is 37.9 Å². The van der Waals surface area contributed by atoms with Gasteiger partial charge in [-0.1, -0.05) is 18.6 Å². The zero-order valence-electron chi connectivity index (χ0n) is 15.5. The maximum atomic E-state index is 5.78. The van der Waals surface area contributed by atoms with E-state index in [1.807, 2.05) is 24.4 Å². The summed E-state index contributed by atoms with van der Waals surface area (Å²) < 4.78 is 11.0. The fourth-order valence-corrected chi connectivity index (χ4v) is 3.89. The summed E-state index contributed by atoms with van der Waals surface area (Å²) in [6.07, 6.45) is 7.04. The molecule has 0 aliphatic carbocycles. The quantitative estimate of drug-likeness (QED) is 0.473. The lowest BCUT2D eigenvalue weighted by Crippen LogP contribution is -2.31. The van der Waals surface area contributed by atoms with E-state index < -0.39 is 0 Å². The minimum Gasteiger partial charge on any atom is -0.497 e. The van der Waals surface area contributed by atoms with Crippen molar-refractivity contribution in [3.8, 4) is 11.6 Å². The van der Waals surface area contributed by atoms with Gasteiger partial charge in [0, 0.05) is 29.5 Å². The minimum atomic E-state index is 0.720. The normalized spacial score (nSPS) is 15.0. The Morgan fingerprint density at radius 3 is 2.54 bits per heavy atom. The molecular weight excluding hydrogens is 344 g/mol. The van der Waals surface area contributed by atoms with Crippen molar-refractivity contribution in [2.24, 2.45) is 0 Å². The summed E-state index contributed by atoms with van der Waals surface area (Å²) in [5.74, 6) is 2.53. The predicted octanol–water partition coefficient (Wildman–Crippen LogP) is 4.64. The summed E-state index contributed by atoms with van der Waals surface area (Å²) in [6.45, 7) is 4.37. The SMILES string of the molecule is COc1ccc(CSc2ccc(OCCCN3CCCCC3)nc2)cc1. The number of hydrogen-bond donors (Lipinski definition) is 0. The number of pyridine rings is 1. The number of hydrogen-bond acceptors (Lipinski definition) is 5. The smallest absolute Gasteiger partial charge is 0.213 e. The molecule has 1 saturated heterocycles. The van der Waals surface area contributed by atoms with Gasteiger partial charge in [-0.2, -0.15) is 0 Å². The van der Waals surface area contributed by atoms with Crippen molar-refractivity contribution in [2.75, 3.05) is 33.4 Å². The van der Waals surface area contributed by atoms with Crippen LogP contribution >= 0.6 is 11.8 Å².